The van der Waals surface area contributed by atoms with E-state index in [1.807, 2.05) is 0 Å². The first-order valence-electron chi connectivity index (χ1n) is 7.56. The summed E-state index contributed by atoms with van der Waals surface area (Å²) in [6.07, 6.45) is 6.23. The Morgan fingerprint density at radius 2 is 2.00 bits per heavy atom. The van der Waals surface area contributed by atoms with Crippen LogP contribution in [0, 0.1) is 18.8 Å². The molecule has 1 unspecified atom stereocenters. The summed E-state index contributed by atoms with van der Waals surface area (Å²) < 4.78 is 0. The molecule has 1 aromatic rings. The third-order valence-electron chi connectivity index (χ3n) is 4.42. The number of hydrogen-bond acceptors (Lipinski definition) is 2. The van der Waals surface area contributed by atoms with Crippen molar-refractivity contribution in [2.75, 3.05) is 5.75 Å². The second kappa shape index (κ2) is 7.35. The first kappa shape index (κ1) is 14.9. The predicted molar refractivity (Wildman–Crippen MR) is 83.6 cm³/mol. The van der Waals surface area contributed by atoms with Gasteiger partial charge in [-0.1, -0.05) is 43.9 Å². The fraction of sp³-hybridized carbons (Fsp3) is 0.647. The van der Waals surface area contributed by atoms with Crippen molar-refractivity contribution in [1.29, 1.82) is 0 Å². The molecule has 1 aromatic carbocycles. The van der Waals surface area contributed by atoms with E-state index in [0.29, 0.717) is 5.92 Å². The number of benzene rings is 1. The maximum Gasteiger partial charge on any atom is 0.0662 e. The topological polar surface area (TPSA) is 20.2 Å². The van der Waals surface area contributed by atoms with E-state index in [1.165, 1.54) is 42.6 Å². The van der Waals surface area contributed by atoms with Crippen LogP contribution in [0.2, 0.25) is 0 Å². The van der Waals surface area contributed by atoms with Gasteiger partial charge in [-0.3, -0.25) is 0 Å². The maximum atomic E-state index is 10.3. The highest BCUT2D eigenvalue weighted by molar-refractivity contribution is 7.99. The molecule has 2 heteroatoms. The predicted octanol–water partition coefficient (Wildman–Crippen LogP) is 4.66. The molecule has 0 spiro atoms. The average Bonchev–Trinajstić information content (AvgIpc) is 2.45. The van der Waals surface area contributed by atoms with Gasteiger partial charge in [0.05, 0.1) is 6.10 Å². The SMILES string of the molecule is CCC1CCC(C(O)CSc2cccc(C)c2)CC1. The zero-order valence-corrected chi connectivity index (χ0v) is 13.0. The molecule has 0 radical (unpaired) electrons. The van der Waals surface area contributed by atoms with Crippen molar-refractivity contribution < 1.29 is 5.11 Å². The van der Waals surface area contributed by atoms with Gasteiger partial charge in [0.1, 0.15) is 0 Å². The van der Waals surface area contributed by atoms with Crippen molar-refractivity contribution in [3.8, 4) is 0 Å². The lowest BCUT2D eigenvalue weighted by atomic mass is 9.79. The van der Waals surface area contributed by atoms with Crippen LogP contribution in [0.5, 0.6) is 0 Å². The molecular weight excluding hydrogens is 252 g/mol. The minimum Gasteiger partial charge on any atom is -0.392 e. The van der Waals surface area contributed by atoms with Crippen LogP contribution in [0.4, 0.5) is 0 Å². The molecule has 1 saturated carbocycles. The van der Waals surface area contributed by atoms with Gasteiger partial charge in [0.15, 0.2) is 0 Å². The van der Waals surface area contributed by atoms with Crippen molar-refractivity contribution in [1.82, 2.24) is 0 Å². The minimum absolute atomic E-state index is 0.136. The van der Waals surface area contributed by atoms with Crippen molar-refractivity contribution >= 4 is 11.8 Å². The molecule has 1 fully saturated rings. The quantitative estimate of drug-likeness (QED) is 0.790. The van der Waals surface area contributed by atoms with Crippen molar-refractivity contribution in [3.05, 3.63) is 29.8 Å². The fourth-order valence-corrected chi connectivity index (χ4v) is 4.08. The third-order valence-corrected chi connectivity index (χ3v) is 5.52. The van der Waals surface area contributed by atoms with E-state index in [-0.39, 0.29) is 6.10 Å². The molecule has 106 valence electrons. The standard InChI is InChI=1S/C17H26OS/c1-3-14-7-9-15(10-8-14)17(18)12-19-16-6-4-5-13(2)11-16/h4-6,11,14-15,17-18H,3,7-10,12H2,1-2H3. The maximum absolute atomic E-state index is 10.3. The summed E-state index contributed by atoms with van der Waals surface area (Å²) in [4.78, 5) is 1.28. The van der Waals surface area contributed by atoms with Crippen molar-refractivity contribution in [2.45, 2.75) is 57.0 Å². The van der Waals surface area contributed by atoms with Crippen LogP contribution in [0.25, 0.3) is 0 Å². The molecule has 2 rings (SSSR count). The summed E-state index contributed by atoms with van der Waals surface area (Å²) in [6.45, 7) is 4.40. The Bertz CT molecular complexity index is 383. The molecule has 19 heavy (non-hydrogen) atoms. The molecule has 1 aliphatic carbocycles. The lowest BCUT2D eigenvalue weighted by molar-refractivity contribution is 0.0916. The van der Waals surface area contributed by atoms with Crippen molar-refractivity contribution in [2.24, 2.45) is 11.8 Å². The number of rotatable bonds is 5. The van der Waals surface area contributed by atoms with Crippen LogP contribution in [0.1, 0.15) is 44.6 Å². The summed E-state index contributed by atoms with van der Waals surface area (Å²) in [5.74, 6) is 2.28. The molecule has 0 saturated heterocycles. The van der Waals surface area contributed by atoms with Gasteiger partial charge in [-0.2, -0.15) is 0 Å². The molecule has 0 aromatic heterocycles. The Hall–Kier alpha value is -0.470. The van der Waals surface area contributed by atoms with Gasteiger partial charge in [-0.05, 0) is 43.7 Å². The van der Waals surface area contributed by atoms with Crippen LogP contribution in [-0.2, 0) is 0 Å². The molecule has 1 N–H and O–H groups in total. The Morgan fingerprint density at radius 3 is 2.63 bits per heavy atom. The molecule has 1 aliphatic rings. The highest BCUT2D eigenvalue weighted by Crippen LogP contribution is 2.34. The second-order valence-electron chi connectivity index (χ2n) is 5.88. The Morgan fingerprint density at radius 1 is 1.26 bits per heavy atom. The Kier molecular flexibility index (Phi) is 5.77. The molecule has 0 amide bonds. The van der Waals surface area contributed by atoms with Crippen molar-refractivity contribution in [3.63, 3.8) is 0 Å². The minimum atomic E-state index is -0.136. The van der Waals surface area contributed by atoms with Crippen LogP contribution < -0.4 is 0 Å². The van der Waals surface area contributed by atoms with Gasteiger partial charge in [-0.25, -0.2) is 0 Å². The van der Waals surface area contributed by atoms with Gasteiger partial charge in [0.2, 0.25) is 0 Å². The van der Waals surface area contributed by atoms with E-state index in [9.17, 15) is 5.11 Å². The van der Waals surface area contributed by atoms with Crippen LogP contribution in [0.3, 0.4) is 0 Å². The Balaban J connectivity index is 1.77. The molecule has 0 heterocycles. The van der Waals surface area contributed by atoms with Gasteiger partial charge in [-0.15, -0.1) is 11.8 Å². The Labute approximate surface area is 121 Å². The molecule has 0 bridgehead atoms. The van der Waals surface area contributed by atoms with Crippen LogP contribution in [0.15, 0.2) is 29.2 Å². The molecule has 1 atom stereocenters. The van der Waals surface area contributed by atoms with E-state index in [1.54, 1.807) is 11.8 Å². The highest BCUT2D eigenvalue weighted by Gasteiger charge is 2.25. The number of hydrogen-bond donors (Lipinski definition) is 1. The summed E-state index contributed by atoms with van der Waals surface area (Å²) in [7, 11) is 0. The van der Waals surface area contributed by atoms with E-state index in [4.69, 9.17) is 0 Å². The summed E-state index contributed by atoms with van der Waals surface area (Å²) in [5.41, 5.74) is 1.29. The zero-order valence-electron chi connectivity index (χ0n) is 12.1. The third kappa shape index (κ3) is 4.54. The largest absolute Gasteiger partial charge is 0.392 e. The normalized spacial score (nSPS) is 25.2. The van der Waals surface area contributed by atoms with E-state index < -0.39 is 0 Å². The van der Waals surface area contributed by atoms with E-state index >= 15 is 0 Å². The lowest BCUT2D eigenvalue weighted by Crippen LogP contribution is -2.27. The molecule has 1 nitrogen and oxygen atoms in total. The van der Waals surface area contributed by atoms with Crippen LogP contribution in [-0.4, -0.2) is 17.0 Å². The van der Waals surface area contributed by atoms with Gasteiger partial charge >= 0.3 is 0 Å². The number of aliphatic hydroxyl groups excluding tert-OH is 1. The first-order chi connectivity index (χ1) is 9.19. The monoisotopic (exact) mass is 278 g/mol. The number of aryl methyl sites for hydroxylation is 1. The summed E-state index contributed by atoms with van der Waals surface area (Å²) in [6, 6.07) is 8.55. The molecule has 0 aliphatic heterocycles. The lowest BCUT2D eigenvalue weighted by Gasteiger charge is -2.30. The van der Waals surface area contributed by atoms with E-state index in [2.05, 4.69) is 38.1 Å². The number of thioether (sulfide) groups is 1. The van der Waals surface area contributed by atoms with Gasteiger partial charge < -0.3 is 5.11 Å². The second-order valence-corrected chi connectivity index (χ2v) is 6.98. The van der Waals surface area contributed by atoms with Gasteiger partial charge in [0, 0.05) is 10.6 Å². The summed E-state index contributed by atoms with van der Waals surface area (Å²) >= 11 is 1.79. The smallest absolute Gasteiger partial charge is 0.0662 e. The summed E-state index contributed by atoms with van der Waals surface area (Å²) in [5, 5.41) is 10.3. The molecular formula is C17H26OS. The number of aliphatic hydroxyl groups is 1. The zero-order chi connectivity index (χ0) is 13.7. The van der Waals surface area contributed by atoms with Crippen LogP contribution >= 0.6 is 11.8 Å². The highest BCUT2D eigenvalue weighted by atomic mass is 32.2. The van der Waals surface area contributed by atoms with Gasteiger partial charge in [0.25, 0.3) is 0 Å². The van der Waals surface area contributed by atoms with E-state index in [0.717, 1.165) is 11.7 Å². The first-order valence-corrected chi connectivity index (χ1v) is 8.55. The fourth-order valence-electron chi connectivity index (χ4n) is 3.00. The average molecular weight is 278 g/mol.